The molecule has 1 heterocycles. The van der Waals surface area contributed by atoms with Gasteiger partial charge in [-0.25, -0.2) is 4.39 Å². The molecule has 0 aliphatic heterocycles. The van der Waals surface area contributed by atoms with Crippen molar-refractivity contribution in [2.75, 3.05) is 12.8 Å². The third-order valence-corrected chi connectivity index (χ3v) is 4.35. The first kappa shape index (κ1) is 13.6. The molecule has 2 aromatic rings. The van der Waals surface area contributed by atoms with Crippen LogP contribution in [0.4, 0.5) is 4.39 Å². The van der Waals surface area contributed by atoms with Gasteiger partial charge in [0.25, 0.3) is 0 Å². The van der Waals surface area contributed by atoms with E-state index < -0.39 is 0 Å². The Balaban J connectivity index is 2.05. The second-order valence-electron chi connectivity index (χ2n) is 3.72. The Bertz CT molecular complexity index is 517. The molecule has 1 atom stereocenters. The minimum absolute atomic E-state index is 0.0407. The van der Waals surface area contributed by atoms with Crippen molar-refractivity contribution in [3.63, 3.8) is 0 Å². The molecule has 2 nitrogen and oxygen atoms in total. The van der Waals surface area contributed by atoms with Crippen molar-refractivity contribution < 1.29 is 8.81 Å². The molecular formula is C13H13BrFNOS. The summed E-state index contributed by atoms with van der Waals surface area (Å²) < 4.78 is 19.8. The van der Waals surface area contributed by atoms with Crippen molar-refractivity contribution in [2.45, 2.75) is 10.9 Å². The number of furan rings is 1. The Morgan fingerprint density at radius 2 is 2.17 bits per heavy atom. The first-order valence-electron chi connectivity index (χ1n) is 5.50. The molecule has 0 aliphatic rings. The zero-order valence-electron chi connectivity index (χ0n) is 9.82. The lowest BCUT2D eigenvalue weighted by Gasteiger charge is -2.14. The molecule has 2 rings (SSSR count). The van der Waals surface area contributed by atoms with Crippen LogP contribution in [0.15, 0.2) is 50.4 Å². The molecule has 0 saturated carbocycles. The molecule has 18 heavy (non-hydrogen) atoms. The quantitative estimate of drug-likeness (QED) is 0.831. The van der Waals surface area contributed by atoms with Gasteiger partial charge in [-0.2, -0.15) is 0 Å². The summed E-state index contributed by atoms with van der Waals surface area (Å²) in [5.74, 6) is 1.35. The Labute approximate surface area is 118 Å². The molecule has 1 N–H and O–H groups in total. The topological polar surface area (TPSA) is 25.2 Å². The fraction of sp³-hybridized carbons (Fsp3) is 0.231. The summed E-state index contributed by atoms with van der Waals surface area (Å²) in [4.78, 5) is 0.653. The number of hydrogen-bond donors (Lipinski definition) is 1. The van der Waals surface area contributed by atoms with Gasteiger partial charge in [-0.15, -0.1) is 11.8 Å². The van der Waals surface area contributed by atoms with Crippen LogP contribution in [0.2, 0.25) is 0 Å². The van der Waals surface area contributed by atoms with Crippen molar-refractivity contribution in [3.8, 4) is 0 Å². The number of nitrogens with one attached hydrogen (secondary N) is 1. The maximum atomic E-state index is 13.5. The van der Waals surface area contributed by atoms with Gasteiger partial charge in [-0.3, -0.25) is 0 Å². The highest BCUT2D eigenvalue weighted by Gasteiger charge is 2.17. The van der Waals surface area contributed by atoms with Gasteiger partial charge in [0.05, 0.1) is 16.8 Å². The average molecular weight is 330 g/mol. The highest BCUT2D eigenvalue weighted by molar-refractivity contribution is 9.10. The van der Waals surface area contributed by atoms with Crippen molar-refractivity contribution in [1.82, 2.24) is 5.32 Å². The number of halogens is 2. The van der Waals surface area contributed by atoms with E-state index in [-0.39, 0.29) is 11.9 Å². The molecule has 5 heteroatoms. The lowest BCUT2D eigenvalue weighted by atomic mass is 10.2. The van der Waals surface area contributed by atoms with Gasteiger partial charge in [-0.1, -0.05) is 12.1 Å². The number of thioether (sulfide) groups is 1. The van der Waals surface area contributed by atoms with Crippen LogP contribution in [0.3, 0.4) is 0 Å². The largest absolute Gasteiger partial charge is 0.466 e. The number of benzene rings is 1. The molecule has 96 valence electrons. The second kappa shape index (κ2) is 6.41. The molecule has 0 spiro atoms. The lowest BCUT2D eigenvalue weighted by Crippen LogP contribution is -2.18. The van der Waals surface area contributed by atoms with Gasteiger partial charge in [0, 0.05) is 10.6 Å². The molecule has 0 saturated heterocycles. The first-order valence-corrected chi connectivity index (χ1v) is 7.27. The molecule has 0 fully saturated rings. The summed E-state index contributed by atoms with van der Waals surface area (Å²) >= 11 is 4.90. The van der Waals surface area contributed by atoms with Crippen LogP contribution < -0.4 is 5.32 Å². The Morgan fingerprint density at radius 3 is 2.78 bits per heavy atom. The van der Waals surface area contributed by atoms with E-state index in [9.17, 15) is 4.39 Å². The Morgan fingerprint density at radius 1 is 1.39 bits per heavy atom. The molecule has 0 aliphatic carbocycles. The monoisotopic (exact) mass is 329 g/mol. The van der Waals surface area contributed by atoms with Crippen molar-refractivity contribution in [2.24, 2.45) is 0 Å². The minimum atomic E-state index is -0.184. The SMILES string of the molecule is CNC(CSc1ccccc1F)c1occc1Br. The van der Waals surface area contributed by atoms with E-state index in [4.69, 9.17) is 4.42 Å². The van der Waals surface area contributed by atoms with E-state index >= 15 is 0 Å². The van der Waals surface area contributed by atoms with Crippen molar-refractivity contribution >= 4 is 27.7 Å². The van der Waals surface area contributed by atoms with Crippen LogP contribution in [0.5, 0.6) is 0 Å². The molecule has 0 radical (unpaired) electrons. The van der Waals surface area contributed by atoms with E-state index in [0.717, 1.165) is 10.2 Å². The van der Waals surface area contributed by atoms with Crippen LogP contribution >= 0.6 is 27.7 Å². The van der Waals surface area contributed by atoms with Crippen LogP contribution in [0.1, 0.15) is 11.8 Å². The lowest BCUT2D eigenvalue weighted by molar-refractivity contribution is 0.450. The minimum Gasteiger partial charge on any atom is -0.466 e. The second-order valence-corrected chi connectivity index (χ2v) is 5.63. The maximum Gasteiger partial charge on any atom is 0.136 e. The summed E-state index contributed by atoms with van der Waals surface area (Å²) in [6.07, 6.45) is 1.64. The summed E-state index contributed by atoms with van der Waals surface area (Å²) in [7, 11) is 1.86. The van der Waals surface area contributed by atoms with E-state index in [1.165, 1.54) is 17.8 Å². The van der Waals surface area contributed by atoms with Gasteiger partial charge in [-0.05, 0) is 41.2 Å². The van der Waals surface area contributed by atoms with E-state index in [2.05, 4.69) is 21.2 Å². The predicted octanol–water partition coefficient (Wildman–Crippen LogP) is 4.23. The zero-order chi connectivity index (χ0) is 13.0. The van der Waals surface area contributed by atoms with Gasteiger partial charge >= 0.3 is 0 Å². The van der Waals surface area contributed by atoms with Gasteiger partial charge < -0.3 is 9.73 Å². The molecule has 0 amide bonds. The predicted molar refractivity (Wildman–Crippen MR) is 75.3 cm³/mol. The van der Waals surface area contributed by atoms with Gasteiger partial charge in [0.1, 0.15) is 11.6 Å². The molecule has 1 aromatic carbocycles. The number of hydrogen-bond acceptors (Lipinski definition) is 3. The Kier molecular flexibility index (Phi) is 4.86. The number of rotatable bonds is 5. The van der Waals surface area contributed by atoms with Crippen LogP contribution in [-0.2, 0) is 0 Å². The van der Waals surface area contributed by atoms with Gasteiger partial charge in [0.15, 0.2) is 0 Å². The summed E-state index contributed by atoms with van der Waals surface area (Å²) in [6.45, 7) is 0. The fourth-order valence-corrected chi connectivity index (χ4v) is 3.10. The van der Waals surface area contributed by atoms with Crippen molar-refractivity contribution in [1.29, 1.82) is 0 Å². The normalized spacial score (nSPS) is 12.6. The highest BCUT2D eigenvalue weighted by atomic mass is 79.9. The van der Waals surface area contributed by atoms with E-state index in [0.29, 0.717) is 10.6 Å². The van der Waals surface area contributed by atoms with Crippen molar-refractivity contribution in [3.05, 3.63) is 52.6 Å². The van der Waals surface area contributed by atoms with E-state index in [1.54, 1.807) is 18.4 Å². The average Bonchev–Trinajstić information content (AvgIpc) is 2.79. The van der Waals surface area contributed by atoms with Gasteiger partial charge in [0.2, 0.25) is 0 Å². The maximum absolute atomic E-state index is 13.5. The first-order chi connectivity index (χ1) is 8.72. The summed E-state index contributed by atoms with van der Waals surface area (Å²) in [5, 5.41) is 3.17. The molecular weight excluding hydrogens is 317 g/mol. The third kappa shape index (κ3) is 3.16. The summed E-state index contributed by atoms with van der Waals surface area (Å²) in [5.41, 5.74) is 0. The third-order valence-electron chi connectivity index (χ3n) is 2.55. The smallest absolute Gasteiger partial charge is 0.136 e. The zero-order valence-corrected chi connectivity index (χ0v) is 12.2. The highest BCUT2D eigenvalue weighted by Crippen LogP contribution is 2.30. The van der Waals surface area contributed by atoms with Crippen LogP contribution in [0, 0.1) is 5.82 Å². The van der Waals surface area contributed by atoms with Crippen LogP contribution in [-0.4, -0.2) is 12.8 Å². The standard InChI is InChI=1S/C13H13BrFNOS/c1-16-11(13-9(14)6-7-17-13)8-18-12-5-3-2-4-10(12)15/h2-7,11,16H,8H2,1H3. The fourth-order valence-electron chi connectivity index (χ4n) is 1.58. The van der Waals surface area contributed by atoms with E-state index in [1.807, 2.05) is 19.2 Å². The van der Waals surface area contributed by atoms with Crippen LogP contribution in [0.25, 0.3) is 0 Å². The summed E-state index contributed by atoms with van der Waals surface area (Å²) in [6, 6.07) is 8.68. The molecule has 0 bridgehead atoms. The Hall–Kier alpha value is -0.780. The molecule has 1 aromatic heterocycles. The molecule has 1 unspecified atom stereocenters.